The highest BCUT2D eigenvalue weighted by molar-refractivity contribution is 7.92. The van der Waals surface area contributed by atoms with E-state index < -0.39 is 33.8 Å². The molecule has 346 valence electrons. The van der Waals surface area contributed by atoms with E-state index in [1.54, 1.807) is 18.2 Å². The van der Waals surface area contributed by atoms with Gasteiger partial charge in [-0.05, 0) is 105 Å². The molecule has 4 heterocycles. The number of piperazine rings is 1. The summed E-state index contributed by atoms with van der Waals surface area (Å²) in [5.41, 5.74) is 4.10. The van der Waals surface area contributed by atoms with Gasteiger partial charge in [-0.25, -0.2) is 18.4 Å². The average Bonchev–Trinajstić information content (AvgIpc) is 3.53. The first-order chi connectivity index (χ1) is 31.2. The quantitative estimate of drug-likeness (QED) is 0.0721. The third kappa shape index (κ3) is 12.5. The van der Waals surface area contributed by atoms with Crippen molar-refractivity contribution < 1.29 is 41.8 Å². The number of carbonyl (C=O) groups is 4. The highest BCUT2D eigenvalue weighted by atomic mass is 32.2. The minimum atomic E-state index is -3.47. The number of ether oxygens (including phenoxy) is 3. The summed E-state index contributed by atoms with van der Waals surface area (Å²) in [4.78, 5) is 64.1. The number of hydrogen-bond donors (Lipinski definition) is 2. The number of rotatable bonds is 22. The van der Waals surface area contributed by atoms with Crippen LogP contribution in [0.3, 0.4) is 0 Å². The van der Waals surface area contributed by atoms with Crippen LogP contribution in [0.25, 0.3) is 0 Å². The molecule has 3 aliphatic rings. The molecule has 1 aromatic heterocycles. The molecular weight excluding hydrogens is 851 g/mol. The van der Waals surface area contributed by atoms with Gasteiger partial charge >= 0.3 is 0 Å². The van der Waals surface area contributed by atoms with E-state index in [9.17, 15) is 27.6 Å². The molecule has 0 spiro atoms. The smallest absolute Gasteiger partial charge is 0.262 e. The summed E-state index contributed by atoms with van der Waals surface area (Å²) in [7, 11) is -3.47. The molecule has 16 nitrogen and oxygen atoms in total. The standard InChI is InChI=1S/C48H59N7O9S/c1-48(2,35-12-17-39(18-13-35)64-33-36-22-23-49-47(50-36)52-65(3,60)61)34-10-15-38(16-11-34)63-31-8-5-4-7-29-62-30-9-6-24-53-25-27-54(28-26-53)37-14-19-40-41(32-37)46(59)55(45(40)58)42-20-21-43(56)51-44(42)57/h10-19,22-23,32,42H,4-9,20-21,24-31,33H2,1-3H3,(H,49,50,52)(H,51,56,57). The zero-order valence-electron chi connectivity index (χ0n) is 37.4. The third-order valence-corrected chi connectivity index (χ3v) is 12.7. The molecular formula is C48H59N7O9S. The number of benzene rings is 3. The average molecular weight is 910 g/mol. The van der Waals surface area contributed by atoms with Gasteiger partial charge in [0.25, 0.3) is 11.8 Å². The Morgan fingerprint density at radius 2 is 1.38 bits per heavy atom. The van der Waals surface area contributed by atoms with Crippen molar-refractivity contribution in [3.63, 3.8) is 0 Å². The van der Waals surface area contributed by atoms with Gasteiger partial charge in [-0.3, -0.25) is 39.0 Å². The number of hydrogen-bond acceptors (Lipinski definition) is 13. The number of nitrogens with zero attached hydrogens (tertiary/aromatic N) is 5. The Balaban J connectivity index is 0.710. The first kappa shape index (κ1) is 47.1. The number of imide groups is 2. The molecule has 17 heteroatoms. The predicted octanol–water partition coefficient (Wildman–Crippen LogP) is 5.71. The van der Waals surface area contributed by atoms with E-state index >= 15 is 0 Å². The molecule has 4 aromatic rings. The van der Waals surface area contributed by atoms with Crippen molar-refractivity contribution in [1.82, 2.24) is 25.1 Å². The first-order valence-corrected chi connectivity index (χ1v) is 24.3. The van der Waals surface area contributed by atoms with Crippen molar-refractivity contribution >= 4 is 45.3 Å². The number of amides is 4. The topological polar surface area (TPSA) is 190 Å². The van der Waals surface area contributed by atoms with Crippen LogP contribution in [0.15, 0.2) is 79.0 Å². The van der Waals surface area contributed by atoms with Gasteiger partial charge in [0.05, 0.1) is 29.7 Å². The second-order valence-corrected chi connectivity index (χ2v) is 19.0. The SMILES string of the molecule is CC(C)(c1ccc(OCCCCCCOCCCCN2CCN(c3ccc4c(c3)C(=O)N(C3CCC(=O)NC3=O)C4=O)CC2)cc1)c1ccc(OCc2ccnc(NS(C)(=O)=O)n2)cc1. The lowest BCUT2D eigenvalue weighted by atomic mass is 9.78. The van der Waals surface area contributed by atoms with Crippen molar-refractivity contribution in [2.45, 2.75) is 83.3 Å². The Labute approximate surface area is 381 Å². The highest BCUT2D eigenvalue weighted by Gasteiger charge is 2.44. The van der Waals surface area contributed by atoms with Crippen molar-refractivity contribution in [2.75, 3.05) is 68.4 Å². The summed E-state index contributed by atoms with van der Waals surface area (Å²) in [6, 6.07) is 22.3. The molecule has 4 amide bonds. The van der Waals surface area contributed by atoms with Crippen molar-refractivity contribution in [1.29, 1.82) is 0 Å². The lowest BCUT2D eigenvalue weighted by molar-refractivity contribution is -0.136. The van der Waals surface area contributed by atoms with E-state index in [1.807, 2.05) is 42.5 Å². The molecule has 3 aromatic carbocycles. The van der Waals surface area contributed by atoms with Gasteiger partial charge in [-0.1, -0.05) is 44.5 Å². The molecule has 1 unspecified atom stereocenters. The van der Waals surface area contributed by atoms with Gasteiger partial charge in [0.1, 0.15) is 24.1 Å². The zero-order chi connectivity index (χ0) is 46.0. The van der Waals surface area contributed by atoms with Crippen LogP contribution in [0.4, 0.5) is 11.6 Å². The number of sulfonamides is 1. The molecule has 0 aliphatic carbocycles. The summed E-state index contributed by atoms with van der Waals surface area (Å²) in [5.74, 6) is -0.421. The van der Waals surface area contributed by atoms with Crippen LogP contribution >= 0.6 is 0 Å². The molecule has 65 heavy (non-hydrogen) atoms. The molecule has 2 saturated heterocycles. The van der Waals surface area contributed by atoms with Gasteiger partial charge < -0.3 is 19.1 Å². The van der Waals surface area contributed by atoms with E-state index in [-0.39, 0.29) is 36.7 Å². The maximum absolute atomic E-state index is 13.3. The molecule has 0 radical (unpaired) electrons. The second kappa shape index (κ2) is 21.4. The highest BCUT2D eigenvalue weighted by Crippen LogP contribution is 2.34. The molecule has 0 saturated carbocycles. The maximum atomic E-state index is 13.3. The molecule has 1 atom stereocenters. The van der Waals surface area contributed by atoms with Crippen molar-refractivity contribution in [2.24, 2.45) is 0 Å². The normalized spacial score (nSPS) is 17.0. The number of unbranched alkanes of at least 4 members (excludes halogenated alkanes) is 4. The van der Waals surface area contributed by atoms with Crippen LogP contribution in [-0.4, -0.2) is 117 Å². The third-order valence-electron chi connectivity index (χ3n) is 12.2. The van der Waals surface area contributed by atoms with Gasteiger partial charge in [0.2, 0.25) is 27.8 Å². The number of fused-ring (bicyclic) bond motifs is 1. The lowest BCUT2D eigenvalue weighted by Crippen LogP contribution is -2.54. The Bertz CT molecular complexity index is 2420. The Morgan fingerprint density at radius 3 is 2.05 bits per heavy atom. The summed E-state index contributed by atoms with van der Waals surface area (Å²) in [6.45, 7) is 11.2. The number of carbonyl (C=O) groups excluding carboxylic acids is 4. The fourth-order valence-corrected chi connectivity index (χ4v) is 8.76. The van der Waals surface area contributed by atoms with Crippen LogP contribution in [0, 0.1) is 0 Å². The molecule has 0 bridgehead atoms. The predicted molar refractivity (Wildman–Crippen MR) is 246 cm³/mol. The largest absolute Gasteiger partial charge is 0.494 e. The van der Waals surface area contributed by atoms with E-state index in [1.165, 1.54) is 11.8 Å². The number of piperidine rings is 1. The number of aromatic nitrogens is 2. The molecule has 7 rings (SSSR count). The minimum Gasteiger partial charge on any atom is -0.494 e. The summed E-state index contributed by atoms with van der Waals surface area (Å²) in [6.07, 6.45) is 9.05. The van der Waals surface area contributed by atoms with E-state index in [0.29, 0.717) is 29.2 Å². The van der Waals surface area contributed by atoms with Crippen LogP contribution in [0.1, 0.15) is 103 Å². The monoisotopic (exact) mass is 909 g/mol. The Hall–Kier alpha value is -5.91. The maximum Gasteiger partial charge on any atom is 0.262 e. The van der Waals surface area contributed by atoms with Gasteiger partial charge in [0, 0.05) is 63.1 Å². The van der Waals surface area contributed by atoms with Crippen LogP contribution in [0.2, 0.25) is 0 Å². The zero-order valence-corrected chi connectivity index (χ0v) is 38.2. The molecule has 3 aliphatic heterocycles. The first-order valence-electron chi connectivity index (χ1n) is 22.4. The van der Waals surface area contributed by atoms with Crippen LogP contribution in [0.5, 0.6) is 11.5 Å². The number of nitrogens with one attached hydrogen (secondary N) is 2. The lowest BCUT2D eigenvalue weighted by Gasteiger charge is -2.36. The minimum absolute atomic E-state index is 0.00814. The van der Waals surface area contributed by atoms with Crippen LogP contribution in [-0.2, 0) is 36.4 Å². The summed E-state index contributed by atoms with van der Waals surface area (Å²) in [5, 5.41) is 2.24. The molecule has 2 fully saturated rings. The Kier molecular flexibility index (Phi) is 15.5. The van der Waals surface area contributed by atoms with E-state index in [0.717, 1.165) is 113 Å². The number of anilines is 2. The van der Waals surface area contributed by atoms with Crippen molar-refractivity contribution in [3.8, 4) is 11.5 Å². The van der Waals surface area contributed by atoms with Gasteiger partial charge in [-0.2, -0.15) is 0 Å². The summed E-state index contributed by atoms with van der Waals surface area (Å²) < 4.78 is 43.1. The fraction of sp³-hybridized carbons (Fsp3) is 0.458. The van der Waals surface area contributed by atoms with Gasteiger partial charge in [-0.15, -0.1) is 0 Å². The molecule has 2 N–H and O–H groups in total. The van der Waals surface area contributed by atoms with E-state index in [2.05, 4.69) is 55.8 Å². The van der Waals surface area contributed by atoms with E-state index in [4.69, 9.17) is 14.2 Å². The fourth-order valence-electron chi connectivity index (χ4n) is 8.33. The van der Waals surface area contributed by atoms with Crippen LogP contribution < -0.4 is 24.4 Å². The summed E-state index contributed by atoms with van der Waals surface area (Å²) >= 11 is 0. The second-order valence-electron chi connectivity index (χ2n) is 17.3. The van der Waals surface area contributed by atoms with Gasteiger partial charge in [0.15, 0.2) is 0 Å². The van der Waals surface area contributed by atoms with Crippen molar-refractivity contribution in [3.05, 3.63) is 107 Å². The Morgan fingerprint density at radius 1 is 0.754 bits per heavy atom.